The van der Waals surface area contributed by atoms with Crippen molar-refractivity contribution < 1.29 is 14.6 Å². The highest BCUT2D eigenvalue weighted by atomic mass is 16.5. The summed E-state index contributed by atoms with van der Waals surface area (Å²) in [5.74, 6) is -1.04. The van der Waals surface area contributed by atoms with Crippen molar-refractivity contribution in [2.45, 2.75) is 45.4 Å². The number of nitrogens with two attached hydrogens (primary N) is 1. The van der Waals surface area contributed by atoms with Crippen LogP contribution in [0.1, 0.15) is 27.7 Å². The van der Waals surface area contributed by atoms with E-state index < -0.39 is 18.1 Å². The molecule has 2 atom stereocenters. The molecular weight excluding hydrogens is 158 g/mol. The van der Waals surface area contributed by atoms with Crippen molar-refractivity contribution in [3.8, 4) is 0 Å². The first-order valence-electron chi connectivity index (χ1n) is 3.90. The maximum Gasteiger partial charge on any atom is 0.323 e. The number of carboxylic acids is 1. The van der Waals surface area contributed by atoms with Gasteiger partial charge in [-0.2, -0.15) is 0 Å². The van der Waals surface area contributed by atoms with Crippen LogP contribution in [0.2, 0.25) is 0 Å². The van der Waals surface area contributed by atoms with E-state index in [1.165, 1.54) is 0 Å². The van der Waals surface area contributed by atoms with Crippen LogP contribution in [0, 0.1) is 0 Å². The normalized spacial score (nSPS) is 17.1. The van der Waals surface area contributed by atoms with Crippen molar-refractivity contribution in [1.82, 2.24) is 0 Å². The zero-order chi connectivity index (χ0) is 9.94. The van der Waals surface area contributed by atoms with E-state index in [0.29, 0.717) is 0 Å². The largest absolute Gasteiger partial charge is 0.480 e. The second-order valence-corrected chi connectivity index (χ2v) is 3.80. The third-order valence-corrected chi connectivity index (χ3v) is 1.33. The highest BCUT2D eigenvalue weighted by molar-refractivity contribution is 5.73. The molecule has 0 aromatic heterocycles. The molecule has 0 bridgehead atoms. The van der Waals surface area contributed by atoms with E-state index >= 15 is 0 Å². The Balaban J connectivity index is 4.04. The molecule has 0 amide bonds. The number of carbonyl (C=O) groups is 1. The Bertz CT molecular complexity index is 162. The molecule has 0 spiro atoms. The van der Waals surface area contributed by atoms with E-state index in [0.717, 1.165) is 0 Å². The van der Waals surface area contributed by atoms with Crippen LogP contribution in [0.3, 0.4) is 0 Å². The van der Waals surface area contributed by atoms with E-state index in [1.807, 2.05) is 20.8 Å². The van der Waals surface area contributed by atoms with Gasteiger partial charge < -0.3 is 15.6 Å². The number of aliphatic carboxylic acids is 1. The summed E-state index contributed by atoms with van der Waals surface area (Å²) in [4.78, 5) is 10.4. The fourth-order valence-corrected chi connectivity index (χ4v) is 0.832. The molecule has 3 N–H and O–H groups in total. The molecule has 0 aliphatic heterocycles. The third-order valence-electron chi connectivity index (χ3n) is 1.33. The lowest BCUT2D eigenvalue weighted by Crippen LogP contribution is -2.44. The Labute approximate surface area is 72.7 Å². The van der Waals surface area contributed by atoms with Crippen molar-refractivity contribution in [3.05, 3.63) is 0 Å². The van der Waals surface area contributed by atoms with Crippen LogP contribution >= 0.6 is 0 Å². The van der Waals surface area contributed by atoms with Gasteiger partial charge in [0.25, 0.3) is 0 Å². The molecule has 0 unspecified atom stereocenters. The van der Waals surface area contributed by atoms with Gasteiger partial charge in [0.1, 0.15) is 6.04 Å². The summed E-state index contributed by atoms with van der Waals surface area (Å²) in [7, 11) is 0. The first-order valence-corrected chi connectivity index (χ1v) is 3.90. The zero-order valence-electron chi connectivity index (χ0n) is 8.00. The predicted molar refractivity (Wildman–Crippen MR) is 45.9 cm³/mol. The second kappa shape index (κ2) is 3.87. The SMILES string of the molecule is C[C@H](OC(C)(C)C)[C@@H](N)C(=O)O. The van der Waals surface area contributed by atoms with Gasteiger partial charge in [0, 0.05) is 0 Å². The second-order valence-electron chi connectivity index (χ2n) is 3.80. The summed E-state index contributed by atoms with van der Waals surface area (Å²) in [5.41, 5.74) is 4.99. The Morgan fingerprint density at radius 3 is 2.17 bits per heavy atom. The molecule has 0 aromatic rings. The molecule has 0 fully saturated rings. The monoisotopic (exact) mass is 175 g/mol. The molecule has 0 aliphatic rings. The number of hydrogen-bond acceptors (Lipinski definition) is 3. The first kappa shape index (κ1) is 11.4. The predicted octanol–water partition coefficient (Wildman–Crippen LogP) is 0.602. The fraction of sp³-hybridized carbons (Fsp3) is 0.875. The van der Waals surface area contributed by atoms with Crippen LogP contribution < -0.4 is 5.73 Å². The van der Waals surface area contributed by atoms with E-state index in [2.05, 4.69) is 0 Å². The quantitative estimate of drug-likeness (QED) is 0.659. The molecule has 0 saturated carbocycles. The topological polar surface area (TPSA) is 72.5 Å². The molecule has 0 aliphatic carbocycles. The summed E-state index contributed by atoms with van der Waals surface area (Å²) in [6.07, 6.45) is -0.470. The summed E-state index contributed by atoms with van der Waals surface area (Å²) in [5, 5.41) is 8.54. The molecule has 4 nitrogen and oxygen atoms in total. The molecule has 0 heterocycles. The van der Waals surface area contributed by atoms with Crippen LogP contribution in [0.4, 0.5) is 0 Å². The van der Waals surface area contributed by atoms with Gasteiger partial charge in [0.2, 0.25) is 0 Å². The first-order chi connectivity index (χ1) is 5.24. The molecule has 0 radical (unpaired) electrons. The molecule has 0 saturated heterocycles. The zero-order valence-corrected chi connectivity index (χ0v) is 8.00. The van der Waals surface area contributed by atoms with Gasteiger partial charge in [0.15, 0.2) is 0 Å². The van der Waals surface area contributed by atoms with E-state index in [-0.39, 0.29) is 5.60 Å². The summed E-state index contributed by atoms with van der Waals surface area (Å²) < 4.78 is 5.35. The maximum atomic E-state index is 10.4. The van der Waals surface area contributed by atoms with Crippen LogP contribution in [-0.2, 0) is 9.53 Å². The summed E-state index contributed by atoms with van der Waals surface area (Å²) in [6.45, 7) is 7.23. The number of rotatable bonds is 3. The Hall–Kier alpha value is -0.610. The average Bonchev–Trinajstić information content (AvgIpc) is 1.82. The van der Waals surface area contributed by atoms with Gasteiger partial charge in [-0.25, -0.2) is 0 Å². The third kappa shape index (κ3) is 4.31. The van der Waals surface area contributed by atoms with E-state index in [1.54, 1.807) is 6.92 Å². The van der Waals surface area contributed by atoms with Crippen molar-refractivity contribution in [2.24, 2.45) is 5.73 Å². The lowest BCUT2D eigenvalue weighted by Gasteiger charge is -2.26. The van der Waals surface area contributed by atoms with Gasteiger partial charge >= 0.3 is 5.97 Å². The minimum absolute atomic E-state index is 0.355. The number of ether oxygens (including phenoxy) is 1. The van der Waals surface area contributed by atoms with Gasteiger partial charge in [-0.1, -0.05) is 0 Å². The van der Waals surface area contributed by atoms with Gasteiger partial charge in [0.05, 0.1) is 11.7 Å². The highest BCUT2D eigenvalue weighted by Crippen LogP contribution is 2.11. The molecular formula is C8H17NO3. The molecule has 4 heteroatoms. The molecule has 12 heavy (non-hydrogen) atoms. The average molecular weight is 175 g/mol. The van der Waals surface area contributed by atoms with Gasteiger partial charge in [-0.3, -0.25) is 4.79 Å². The maximum absolute atomic E-state index is 10.4. The highest BCUT2D eigenvalue weighted by Gasteiger charge is 2.24. The number of carboxylic acid groups (broad SMARTS) is 1. The van der Waals surface area contributed by atoms with Gasteiger partial charge in [-0.15, -0.1) is 0 Å². The number of hydrogen-bond donors (Lipinski definition) is 2. The lowest BCUT2D eigenvalue weighted by atomic mass is 10.1. The minimum atomic E-state index is -1.04. The Kier molecular flexibility index (Phi) is 3.67. The fourth-order valence-electron chi connectivity index (χ4n) is 0.832. The van der Waals surface area contributed by atoms with Crippen LogP contribution in [0.5, 0.6) is 0 Å². The van der Waals surface area contributed by atoms with E-state index in [9.17, 15) is 4.79 Å². The standard InChI is InChI=1S/C8H17NO3/c1-5(6(9)7(10)11)12-8(2,3)4/h5-6H,9H2,1-4H3,(H,10,11)/t5-,6+/m0/s1. The molecule has 0 rings (SSSR count). The van der Waals surface area contributed by atoms with Crippen molar-refractivity contribution in [1.29, 1.82) is 0 Å². The summed E-state index contributed by atoms with van der Waals surface area (Å²) in [6, 6.07) is -0.954. The molecule has 72 valence electrons. The van der Waals surface area contributed by atoms with Crippen LogP contribution in [0.25, 0.3) is 0 Å². The van der Waals surface area contributed by atoms with Gasteiger partial charge in [-0.05, 0) is 27.7 Å². The molecule has 0 aromatic carbocycles. The Morgan fingerprint density at radius 1 is 1.50 bits per heavy atom. The summed E-state index contributed by atoms with van der Waals surface area (Å²) >= 11 is 0. The van der Waals surface area contributed by atoms with Crippen LogP contribution in [0.15, 0.2) is 0 Å². The smallest absolute Gasteiger partial charge is 0.323 e. The lowest BCUT2D eigenvalue weighted by molar-refractivity contribution is -0.145. The van der Waals surface area contributed by atoms with Crippen LogP contribution in [-0.4, -0.2) is 28.8 Å². The van der Waals surface area contributed by atoms with E-state index in [4.69, 9.17) is 15.6 Å². The minimum Gasteiger partial charge on any atom is -0.480 e. The Morgan fingerprint density at radius 2 is 1.92 bits per heavy atom. The van der Waals surface area contributed by atoms with Crippen molar-refractivity contribution >= 4 is 5.97 Å². The van der Waals surface area contributed by atoms with Crippen molar-refractivity contribution in [2.75, 3.05) is 0 Å². The van der Waals surface area contributed by atoms with Crippen molar-refractivity contribution in [3.63, 3.8) is 0 Å².